The van der Waals surface area contributed by atoms with Gasteiger partial charge in [-0.1, -0.05) is 23.7 Å². The van der Waals surface area contributed by atoms with Crippen molar-refractivity contribution < 1.29 is 0 Å². The molecule has 1 fully saturated rings. The van der Waals surface area contributed by atoms with Crippen LogP contribution in [0.15, 0.2) is 29.3 Å². The Labute approximate surface area is 120 Å². The molecule has 104 valence electrons. The fourth-order valence-corrected chi connectivity index (χ4v) is 2.52. The molecule has 1 aromatic rings. The van der Waals surface area contributed by atoms with Crippen LogP contribution in [0.25, 0.3) is 0 Å². The van der Waals surface area contributed by atoms with Gasteiger partial charge in [0.15, 0.2) is 5.96 Å². The molecule has 0 bridgehead atoms. The largest absolute Gasteiger partial charge is 0.349 e. The van der Waals surface area contributed by atoms with E-state index in [0.717, 1.165) is 17.5 Å². The summed E-state index contributed by atoms with van der Waals surface area (Å²) in [6, 6.07) is 8.21. The molecule has 2 rings (SSSR count). The van der Waals surface area contributed by atoms with E-state index in [0.29, 0.717) is 0 Å². The molecule has 0 unspecified atom stereocenters. The van der Waals surface area contributed by atoms with E-state index in [4.69, 9.17) is 16.6 Å². The molecule has 0 radical (unpaired) electrons. The maximum absolute atomic E-state index is 5.95. The molecule has 0 heterocycles. The smallest absolute Gasteiger partial charge is 0.195 e. The van der Waals surface area contributed by atoms with Gasteiger partial charge in [-0.25, -0.2) is 0 Å². The number of hydrogen-bond acceptors (Lipinski definition) is 1. The van der Waals surface area contributed by atoms with Crippen LogP contribution >= 0.6 is 11.6 Å². The van der Waals surface area contributed by atoms with E-state index in [9.17, 15) is 0 Å². The number of hydrogen-bond donors (Lipinski definition) is 0. The highest BCUT2D eigenvalue weighted by Gasteiger charge is 2.44. The first kappa shape index (κ1) is 14.2. The Balaban J connectivity index is 2.14. The Kier molecular flexibility index (Phi) is 4.04. The molecule has 0 amide bonds. The molecule has 1 aliphatic carbocycles. The molecule has 0 atom stereocenters. The first-order chi connectivity index (χ1) is 8.94. The van der Waals surface area contributed by atoms with Crippen molar-refractivity contribution in [1.29, 1.82) is 0 Å². The second kappa shape index (κ2) is 5.41. The lowest BCUT2D eigenvalue weighted by Gasteiger charge is -2.24. The predicted molar refractivity (Wildman–Crippen MR) is 82.0 cm³/mol. The maximum atomic E-state index is 5.95. The first-order valence-corrected chi connectivity index (χ1v) is 6.97. The third kappa shape index (κ3) is 3.21. The summed E-state index contributed by atoms with van der Waals surface area (Å²) in [5.74, 6) is 1.01. The average Bonchev–Trinajstić information content (AvgIpc) is 3.10. The first-order valence-electron chi connectivity index (χ1n) is 6.60. The van der Waals surface area contributed by atoms with E-state index >= 15 is 0 Å². The lowest BCUT2D eigenvalue weighted by atomic mass is 9.96. The predicted octanol–water partition coefficient (Wildman–Crippen LogP) is 2.85. The summed E-state index contributed by atoms with van der Waals surface area (Å²) in [5.41, 5.74) is 1.60. The van der Waals surface area contributed by atoms with Crippen molar-refractivity contribution in [2.75, 3.05) is 34.7 Å². The quantitative estimate of drug-likeness (QED) is 0.626. The monoisotopic (exact) mass is 279 g/mol. The van der Waals surface area contributed by atoms with E-state index in [-0.39, 0.29) is 5.41 Å². The fourth-order valence-electron chi connectivity index (χ4n) is 2.40. The van der Waals surface area contributed by atoms with Crippen LogP contribution in [0.1, 0.15) is 18.4 Å². The average molecular weight is 280 g/mol. The summed E-state index contributed by atoms with van der Waals surface area (Å²) in [5, 5.41) is 0.797. The second-order valence-electron chi connectivity index (χ2n) is 5.69. The minimum atomic E-state index is 0.238. The Hall–Kier alpha value is -1.22. The highest BCUT2D eigenvalue weighted by atomic mass is 35.5. The molecule has 0 N–H and O–H groups in total. The van der Waals surface area contributed by atoms with Gasteiger partial charge in [0.25, 0.3) is 0 Å². The Morgan fingerprint density at radius 3 is 2.05 bits per heavy atom. The van der Waals surface area contributed by atoms with Crippen LogP contribution in [0.2, 0.25) is 5.02 Å². The van der Waals surface area contributed by atoms with Crippen molar-refractivity contribution >= 4 is 17.6 Å². The lowest BCUT2D eigenvalue weighted by molar-refractivity contribution is 0.476. The molecule has 0 aliphatic heterocycles. The molecule has 0 spiro atoms. The van der Waals surface area contributed by atoms with Gasteiger partial charge in [0.05, 0.1) is 6.54 Å². The molecule has 4 heteroatoms. The fraction of sp³-hybridized carbons (Fsp3) is 0.533. The summed E-state index contributed by atoms with van der Waals surface area (Å²) >= 11 is 5.95. The van der Waals surface area contributed by atoms with Crippen LogP contribution < -0.4 is 0 Å². The topological polar surface area (TPSA) is 18.8 Å². The van der Waals surface area contributed by atoms with Gasteiger partial charge in [0.1, 0.15) is 0 Å². The molecule has 0 aromatic heterocycles. The van der Waals surface area contributed by atoms with Gasteiger partial charge in [-0.2, -0.15) is 0 Å². The molecular weight excluding hydrogens is 258 g/mol. The van der Waals surface area contributed by atoms with Crippen LogP contribution in [-0.2, 0) is 5.41 Å². The summed E-state index contributed by atoms with van der Waals surface area (Å²) in [4.78, 5) is 8.90. The maximum Gasteiger partial charge on any atom is 0.195 e. The van der Waals surface area contributed by atoms with Crippen molar-refractivity contribution in [1.82, 2.24) is 9.80 Å². The number of aliphatic imine (C=N–C) groups is 1. The summed E-state index contributed by atoms with van der Waals surface area (Å²) < 4.78 is 0. The van der Waals surface area contributed by atoms with Crippen molar-refractivity contribution in [2.24, 2.45) is 4.99 Å². The van der Waals surface area contributed by atoms with Crippen LogP contribution in [0.4, 0.5) is 0 Å². The van der Waals surface area contributed by atoms with E-state index < -0.39 is 0 Å². The lowest BCUT2D eigenvalue weighted by Crippen LogP contribution is -2.36. The number of halogens is 1. The van der Waals surface area contributed by atoms with Gasteiger partial charge in [-0.05, 0) is 30.5 Å². The van der Waals surface area contributed by atoms with Crippen molar-refractivity contribution in [3.63, 3.8) is 0 Å². The van der Waals surface area contributed by atoms with E-state index in [1.807, 2.05) is 40.3 Å². The minimum absolute atomic E-state index is 0.238. The van der Waals surface area contributed by atoms with Gasteiger partial charge in [-0.15, -0.1) is 0 Å². The molecule has 1 saturated carbocycles. The van der Waals surface area contributed by atoms with E-state index in [1.54, 1.807) is 0 Å². The molecule has 1 aliphatic rings. The third-order valence-electron chi connectivity index (χ3n) is 3.63. The molecule has 3 nitrogen and oxygen atoms in total. The molecule has 0 saturated heterocycles. The SMILES string of the molecule is CN(C)C(=NCC1(c2ccc(Cl)cc2)CC1)N(C)C. The van der Waals surface area contributed by atoms with Crippen LogP contribution in [0.3, 0.4) is 0 Å². The number of rotatable bonds is 3. The Morgan fingerprint density at radius 2 is 1.63 bits per heavy atom. The van der Waals surface area contributed by atoms with Gasteiger partial charge < -0.3 is 9.80 Å². The zero-order valence-electron chi connectivity index (χ0n) is 12.2. The van der Waals surface area contributed by atoms with Crippen molar-refractivity contribution in [3.8, 4) is 0 Å². The molecular formula is C15H22ClN3. The highest BCUT2D eigenvalue weighted by molar-refractivity contribution is 6.30. The van der Waals surface area contributed by atoms with E-state index in [2.05, 4.69) is 21.9 Å². The van der Waals surface area contributed by atoms with Crippen molar-refractivity contribution in [2.45, 2.75) is 18.3 Å². The Bertz CT molecular complexity index is 449. The van der Waals surface area contributed by atoms with E-state index in [1.165, 1.54) is 18.4 Å². The van der Waals surface area contributed by atoms with Crippen molar-refractivity contribution in [3.05, 3.63) is 34.9 Å². The van der Waals surface area contributed by atoms with Crippen LogP contribution in [0, 0.1) is 0 Å². The molecule has 1 aromatic carbocycles. The highest BCUT2D eigenvalue weighted by Crippen LogP contribution is 2.48. The summed E-state index contributed by atoms with van der Waals surface area (Å²) in [6.07, 6.45) is 2.43. The third-order valence-corrected chi connectivity index (χ3v) is 3.89. The minimum Gasteiger partial charge on any atom is -0.349 e. The summed E-state index contributed by atoms with van der Waals surface area (Å²) in [7, 11) is 8.11. The van der Waals surface area contributed by atoms with Gasteiger partial charge >= 0.3 is 0 Å². The standard InChI is InChI=1S/C15H22ClN3/c1-18(2)14(19(3)4)17-11-15(9-10-15)12-5-7-13(16)8-6-12/h5-8H,9-11H2,1-4H3. The Morgan fingerprint density at radius 1 is 1.11 bits per heavy atom. The normalized spacial score (nSPS) is 15.8. The number of guanidine groups is 1. The zero-order chi connectivity index (χ0) is 14.0. The van der Waals surface area contributed by atoms with Crippen LogP contribution in [-0.4, -0.2) is 50.5 Å². The second-order valence-corrected chi connectivity index (χ2v) is 6.13. The van der Waals surface area contributed by atoms with Crippen LogP contribution in [0.5, 0.6) is 0 Å². The number of nitrogens with zero attached hydrogens (tertiary/aromatic N) is 3. The summed E-state index contributed by atoms with van der Waals surface area (Å²) in [6.45, 7) is 0.848. The van der Waals surface area contributed by atoms with Gasteiger partial charge in [-0.3, -0.25) is 4.99 Å². The van der Waals surface area contributed by atoms with Gasteiger partial charge in [0.2, 0.25) is 0 Å². The number of benzene rings is 1. The molecule has 19 heavy (non-hydrogen) atoms. The van der Waals surface area contributed by atoms with Gasteiger partial charge in [0, 0.05) is 38.6 Å². The zero-order valence-corrected chi connectivity index (χ0v) is 12.9.